The number of hydrogen-bond acceptors (Lipinski definition) is 9. The first-order chi connectivity index (χ1) is 24.5. The summed E-state index contributed by atoms with van der Waals surface area (Å²) in [6.07, 6.45) is 7.75. The van der Waals surface area contributed by atoms with Crippen molar-refractivity contribution in [2.75, 3.05) is 43.4 Å². The molecule has 1 unspecified atom stereocenters. The molecule has 1 aliphatic carbocycles. The highest BCUT2D eigenvalue weighted by Crippen LogP contribution is 2.49. The minimum atomic E-state index is -0.240. The number of carbonyl (C=O) groups is 2. The summed E-state index contributed by atoms with van der Waals surface area (Å²) in [5, 5.41) is 18.1. The van der Waals surface area contributed by atoms with Crippen LogP contribution >= 0.6 is 0 Å². The van der Waals surface area contributed by atoms with E-state index in [2.05, 4.69) is 58.7 Å². The molecule has 5 heterocycles. The number of aliphatic imine (C=N–C) groups is 1. The van der Waals surface area contributed by atoms with Crippen LogP contribution in [-0.2, 0) is 11.3 Å². The van der Waals surface area contributed by atoms with Gasteiger partial charge in [0.05, 0.1) is 52.4 Å². The summed E-state index contributed by atoms with van der Waals surface area (Å²) in [7, 11) is 2.08. The SMILES string of the molecule is CCC1c2c(cnn2C2CN(Cc3cccc(C(=O)N4CCC(C)(C)C4)n3)C2)-c2cccc(NC(=C/C(N)=NC(=O)C3CC3)/C(N)=C\O)c2N1C. The number of carbonyl (C=O) groups excluding carboxylic acids is 2. The Kier molecular flexibility index (Phi) is 9.09. The van der Waals surface area contributed by atoms with E-state index >= 15 is 0 Å². The lowest BCUT2D eigenvalue weighted by Gasteiger charge is -2.43. The Morgan fingerprint density at radius 2 is 1.88 bits per heavy atom. The molecule has 0 radical (unpaired) electrons. The molecule has 13 heteroatoms. The van der Waals surface area contributed by atoms with E-state index in [-0.39, 0.29) is 46.8 Å². The van der Waals surface area contributed by atoms with Gasteiger partial charge >= 0.3 is 0 Å². The Hall–Kier alpha value is -5.17. The molecule has 3 aromatic rings. The number of pyridine rings is 1. The van der Waals surface area contributed by atoms with Gasteiger partial charge in [-0.25, -0.2) is 4.98 Å². The highest BCUT2D eigenvalue weighted by molar-refractivity contribution is 6.02. The third-order valence-corrected chi connectivity index (χ3v) is 10.5. The van der Waals surface area contributed by atoms with Gasteiger partial charge in [0.1, 0.15) is 17.8 Å². The number of nitrogens with one attached hydrogen (secondary N) is 1. The summed E-state index contributed by atoms with van der Waals surface area (Å²) in [5.41, 5.74) is 19.2. The van der Waals surface area contributed by atoms with Crippen LogP contribution in [0.2, 0.25) is 0 Å². The standard InChI is InChI=1S/C38H48N10O3/c1-5-32-35-27(26-9-7-10-29(34(26)45(32)4)43-31(28(39)21-49)16-33(40)44-36(50)23-12-13-23)17-41-48(35)25-19-46(20-25)18-24-8-6-11-30(42-24)37(51)47-15-14-38(2,3)22-47/h6-11,16-17,21,23,25,32,43,49H,5,12-15,18-20,22,39H2,1-4H3,(H2,40,44,50)/b28-21+,31-16+. The molecule has 3 fully saturated rings. The van der Waals surface area contributed by atoms with Crippen molar-refractivity contribution in [2.24, 2.45) is 27.8 Å². The van der Waals surface area contributed by atoms with Crippen LogP contribution < -0.4 is 21.7 Å². The van der Waals surface area contributed by atoms with Crippen LogP contribution in [0, 0.1) is 11.3 Å². The van der Waals surface area contributed by atoms with Crippen LogP contribution in [0.4, 0.5) is 11.4 Å². The smallest absolute Gasteiger partial charge is 0.272 e. The molecule has 2 amide bonds. The van der Waals surface area contributed by atoms with Gasteiger partial charge in [-0.05, 0) is 49.3 Å². The molecule has 2 saturated heterocycles. The molecule has 268 valence electrons. The molecule has 51 heavy (non-hydrogen) atoms. The molecular formula is C38H48N10O3. The van der Waals surface area contributed by atoms with Crippen molar-refractivity contribution >= 4 is 29.0 Å². The zero-order chi connectivity index (χ0) is 36.0. The highest BCUT2D eigenvalue weighted by atomic mass is 16.2. The molecule has 2 aromatic heterocycles. The van der Waals surface area contributed by atoms with Crippen LogP contribution in [-0.4, -0.2) is 80.5 Å². The maximum Gasteiger partial charge on any atom is 0.272 e. The van der Waals surface area contributed by atoms with Gasteiger partial charge in [0, 0.05) is 62.9 Å². The predicted octanol–water partition coefficient (Wildman–Crippen LogP) is 4.72. The Morgan fingerprint density at radius 1 is 1.12 bits per heavy atom. The normalized spacial score (nSPS) is 20.9. The van der Waals surface area contributed by atoms with E-state index in [4.69, 9.17) is 21.5 Å². The molecule has 1 atom stereocenters. The number of rotatable bonds is 10. The Morgan fingerprint density at radius 3 is 2.57 bits per heavy atom. The second-order valence-electron chi connectivity index (χ2n) is 15.0. The average molecular weight is 693 g/mol. The maximum atomic E-state index is 13.2. The van der Waals surface area contributed by atoms with Gasteiger partial charge in [0.2, 0.25) is 0 Å². The monoisotopic (exact) mass is 692 g/mol. The first-order valence-corrected chi connectivity index (χ1v) is 17.8. The number of anilines is 2. The molecule has 1 saturated carbocycles. The summed E-state index contributed by atoms with van der Waals surface area (Å²) in [6, 6.07) is 12.0. The molecular weight excluding hydrogens is 644 g/mol. The van der Waals surface area contributed by atoms with Crippen molar-refractivity contribution in [2.45, 2.75) is 65.1 Å². The second kappa shape index (κ2) is 13.5. The molecule has 13 nitrogen and oxygen atoms in total. The van der Waals surface area contributed by atoms with E-state index < -0.39 is 0 Å². The Bertz CT molecular complexity index is 1930. The summed E-state index contributed by atoms with van der Waals surface area (Å²) >= 11 is 0. The minimum absolute atomic E-state index is 0.0133. The fraction of sp³-hybridized carbons (Fsp3) is 0.447. The fourth-order valence-electron chi connectivity index (χ4n) is 7.58. The Balaban J connectivity index is 1.09. The number of fused-ring (bicyclic) bond motifs is 3. The number of likely N-dealkylation sites (tertiary alicyclic amines) is 2. The lowest BCUT2D eigenvalue weighted by Crippen LogP contribution is -2.48. The maximum absolute atomic E-state index is 13.2. The van der Waals surface area contributed by atoms with Crippen LogP contribution in [0.1, 0.15) is 80.4 Å². The van der Waals surface area contributed by atoms with Crippen LogP contribution in [0.25, 0.3) is 11.1 Å². The van der Waals surface area contributed by atoms with Gasteiger partial charge in [-0.2, -0.15) is 10.1 Å². The molecule has 4 aliphatic rings. The molecule has 1 aromatic carbocycles. The number of aromatic nitrogens is 3. The number of amides is 2. The van der Waals surface area contributed by atoms with E-state index in [9.17, 15) is 14.7 Å². The van der Waals surface area contributed by atoms with E-state index in [0.29, 0.717) is 17.9 Å². The summed E-state index contributed by atoms with van der Waals surface area (Å²) in [6.45, 7) is 10.4. The zero-order valence-corrected chi connectivity index (χ0v) is 29.8. The number of para-hydroxylation sites is 1. The lowest BCUT2D eigenvalue weighted by molar-refractivity contribution is -0.118. The van der Waals surface area contributed by atoms with E-state index in [0.717, 1.165) is 86.3 Å². The minimum Gasteiger partial charge on any atom is -0.513 e. The van der Waals surface area contributed by atoms with Crippen molar-refractivity contribution in [1.29, 1.82) is 0 Å². The number of aliphatic hydroxyl groups excluding tert-OH is 1. The van der Waals surface area contributed by atoms with Crippen molar-refractivity contribution in [3.05, 3.63) is 83.4 Å². The molecule has 6 N–H and O–H groups in total. The van der Waals surface area contributed by atoms with Crippen molar-refractivity contribution in [3.63, 3.8) is 0 Å². The summed E-state index contributed by atoms with van der Waals surface area (Å²) in [5.74, 6) is -0.267. The zero-order valence-electron chi connectivity index (χ0n) is 29.8. The van der Waals surface area contributed by atoms with Crippen molar-refractivity contribution < 1.29 is 14.7 Å². The van der Waals surface area contributed by atoms with E-state index in [1.54, 1.807) is 0 Å². The number of aliphatic hydroxyl groups is 1. The largest absolute Gasteiger partial charge is 0.513 e. The number of nitrogens with zero attached hydrogens (tertiary/aromatic N) is 7. The van der Waals surface area contributed by atoms with Gasteiger partial charge in [0.15, 0.2) is 0 Å². The van der Waals surface area contributed by atoms with Crippen molar-refractivity contribution in [3.8, 4) is 11.1 Å². The van der Waals surface area contributed by atoms with Crippen LogP contribution in [0.5, 0.6) is 0 Å². The van der Waals surface area contributed by atoms with E-state index in [1.807, 2.05) is 41.4 Å². The molecule has 7 rings (SSSR count). The number of benzene rings is 1. The lowest BCUT2D eigenvalue weighted by atomic mass is 9.91. The van der Waals surface area contributed by atoms with Crippen LogP contribution in [0.3, 0.4) is 0 Å². The summed E-state index contributed by atoms with van der Waals surface area (Å²) < 4.78 is 2.19. The third kappa shape index (κ3) is 6.82. The van der Waals surface area contributed by atoms with E-state index in [1.165, 1.54) is 11.8 Å². The van der Waals surface area contributed by atoms with Gasteiger partial charge in [-0.3, -0.25) is 19.2 Å². The summed E-state index contributed by atoms with van der Waals surface area (Å²) in [4.78, 5) is 40.7. The fourth-order valence-corrected chi connectivity index (χ4v) is 7.58. The molecule has 0 spiro atoms. The predicted molar refractivity (Wildman–Crippen MR) is 198 cm³/mol. The third-order valence-electron chi connectivity index (χ3n) is 10.5. The molecule has 0 bridgehead atoms. The van der Waals surface area contributed by atoms with Gasteiger partial charge < -0.3 is 31.7 Å². The molecule has 3 aliphatic heterocycles. The second-order valence-corrected chi connectivity index (χ2v) is 15.0. The number of hydrogen-bond donors (Lipinski definition) is 4. The van der Waals surface area contributed by atoms with Crippen molar-refractivity contribution in [1.82, 2.24) is 24.6 Å². The highest BCUT2D eigenvalue weighted by Gasteiger charge is 2.38. The number of nitrogens with two attached hydrogens (primary N) is 2. The first kappa shape index (κ1) is 34.3. The average Bonchev–Trinajstić information content (AvgIpc) is 3.77. The first-order valence-electron chi connectivity index (χ1n) is 17.8. The van der Waals surface area contributed by atoms with Gasteiger partial charge in [-0.15, -0.1) is 0 Å². The van der Waals surface area contributed by atoms with Gasteiger partial charge in [-0.1, -0.05) is 39.0 Å². The van der Waals surface area contributed by atoms with Crippen LogP contribution in [0.15, 0.2) is 71.3 Å². The van der Waals surface area contributed by atoms with Gasteiger partial charge in [0.25, 0.3) is 11.8 Å². The topological polar surface area (TPSA) is 171 Å². The Labute approximate surface area is 298 Å². The quantitative estimate of drug-likeness (QED) is 0.101. The number of amidine groups is 1.